The van der Waals surface area contributed by atoms with Gasteiger partial charge < -0.3 is 20.2 Å². The Labute approximate surface area is 210 Å². The largest absolute Gasteiger partial charge is 0.388 e. The van der Waals surface area contributed by atoms with Crippen molar-refractivity contribution in [2.45, 2.75) is 76.1 Å². The van der Waals surface area contributed by atoms with Crippen LogP contribution in [0.25, 0.3) is 0 Å². The third-order valence-corrected chi connectivity index (χ3v) is 8.12. The van der Waals surface area contributed by atoms with Gasteiger partial charge in [-0.3, -0.25) is 19.8 Å². The average molecular weight is 486 g/mol. The van der Waals surface area contributed by atoms with Gasteiger partial charge in [0.1, 0.15) is 0 Å². The zero-order chi connectivity index (χ0) is 24.8. The number of nitrogens with one attached hydrogen (secondary N) is 2. The predicted octanol–water partition coefficient (Wildman–Crippen LogP) is 1.71. The molecule has 8 heteroatoms. The topological polar surface area (TPSA) is 88.2 Å². The minimum Gasteiger partial charge on any atom is -0.388 e. The fourth-order valence-corrected chi connectivity index (χ4v) is 5.66. The number of amides is 2. The minimum atomic E-state index is -0.939. The Balaban J connectivity index is 1.17. The van der Waals surface area contributed by atoms with E-state index in [1.807, 2.05) is 23.1 Å². The molecule has 3 atom stereocenters. The van der Waals surface area contributed by atoms with Gasteiger partial charge in [0.05, 0.1) is 31.4 Å². The van der Waals surface area contributed by atoms with E-state index in [4.69, 9.17) is 0 Å². The van der Waals surface area contributed by atoms with E-state index in [0.29, 0.717) is 58.0 Å². The Hall–Kier alpha value is -2.00. The molecule has 0 saturated carbocycles. The first kappa shape index (κ1) is 26.1. The third-order valence-electron chi connectivity index (χ3n) is 8.12. The Morgan fingerprint density at radius 1 is 1.23 bits per heavy atom. The number of nitrogens with zero attached hydrogens (tertiary/aromatic N) is 3. The van der Waals surface area contributed by atoms with Crippen LogP contribution in [0, 0.1) is 0 Å². The van der Waals surface area contributed by atoms with Gasteiger partial charge in [-0.2, -0.15) is 0 Å². The van der Waals surface area contributed by atoms with Crippen LogP contribution in [0.5, 0.6) is 0 Å². The van der Waals surface area contributed by atoms with Crippen LogP contribution in [0.15, 0.2) is 30.3 Å². The highest BCUT2D eigenvalue weighted by Gasteiger charge is 2.38. The minimum absolute atomic E-state index is 0.0163. The van der Waals surface area contributed by atoms with Crippen molar-refractivity contribution >= 4 is 11.8 Å². The second-order valence-corrected chi connectivity index (χ2v) is 10.8. The lowest BCUT2D eigenvalue weighted by molar-refractivity contribution is -0.145. The summed E-state index contributed by atoms with van der Waals surface area (Å²) in [7, 11) is 0. The number of β-amino-alcohol motifs (C(OH)–C–C–N with tert-alkyl or cyclic N) is 1. The van der Waals surface area contributed by atoms with Gasteiger partial charge >= 0.3 is 0 Å². The van der Waals surface area contributed by atoms with Gasteiger partial charge in [-0.1, -0.05) is 37.3 Å². The molecule has 1 aromatic rings. The van der Waals surface area contributed by atoms with Crippen LogP contribution < -0.4 is 10.6 Å². The molecule has 0 bridgehead atoms. The fraction of sp³-hybridized carbons (Fsp3) is 0.704. The van der Waals surface area contributed by atoms with E-state index >= 15 is 0 Å². The molecule has 3 aliphatic rings. The summed E-state index contributed by atoms with van der Waals surface area (Å²) >= 11 is 0. The molecule has 3 saturated heterocycles. The van der Waals surface area contributed by atoms with Crippen molar-refractivity contribution in [3.63, 3.8) is 0 Å². The van der Waals surface area contributed by atoms with Crippen LogP contribution in [-0.4, -0.2) is 95.4 Å². The number of carbonyl (C=O) groups is 2. The van der Waals surface area contributed by atoms with Gasteiger partial charge in [-0.05, 0) is 50.6 Å². The Kier molecular flexibility index (Phi) is 8.81. The molecule has 3 aliphatic heterocycles. The first-order valence-electron chi connectivity index (χ1n) is 13.4. The molecule has 0 aliphatic carbocycles. The number of piperidine rings is 1. The second-order valence-electron chi connectivity index (χ2n) is 10.8. The van der Waals surface area contributed by atoms with Gasteiger partial charge in [-0.15, -0.1) is 0 Å². The third kappa shape index (κ3) is 7.03. The van der Waals surface area contributed by atoms with Crippen molar-refractivity contribution in [1.82, 2.24) is 25.3 Å². The van der Waals surface area contributed by atoms with Gasteiger partial charge in [0.25, 0.3) is 0 Å². The van der Waals surface area contributed by atoms with E-state index < -0.39 is 5.60 Å². The van der Waals surface area contributed by atoms with E-state index in [9.17, 15) is 14.7 Å². The maximum Gasteiger partial charge on any atom is 0.226 e. The lowest BCUT2D eigenvalue weighted by Crippen LogP contribution is -2.61. The molecule has 3 fully saturated rings. The lowest BCUT2D eigenvalue weighted by atomic mass is 9.89. The molecule has 1 unspecified atom stereocenters. The standard InChI is InChI=1S/C27H43N5O3/c1-21(23-8-4-3-5-9-23)17-25(33)31-14-10-27(35,11-15-31)19-32-20-29-24(18-26(32)34)28-12-16-30-13-6-7-22(30)2/h3-5,8-9,21-22,24,28-29,35H,6-7,10-20H2,1-2H3/t21-,22-,24?/m1/s1. The normalized spacial score (nSPS) is 26.2. The fourth-order valence-electron chi connectivity index (χ4n) is 5.66. The van der Waals surface area contributed by atoms with Crippen LogP contribution >= 0.6 is 0 Å². The maximum absolute atomic E-state index is 12.8. The number of likely N-dealkylation sites (tertiary alicyclic amines) is 2. The number of hydrogen-bond acceptors (Lipinski definition) is 6. The van der Waals surface area contributed by atoms with Gasteiger partial charge in [0.15, 0.2) is 0 Å². The average Bonchev–Trinajstić information content (AvgIpc) is 3.26. The highest BCUT2D eigenvalue weighted by molar-refractivity contribution is 5.78. The number of hydrogen-bond donors (Lipinski definition) is 3. The van der Waals surface area contributed by atoms with Gasteiger partial charge in [0, 0.05) is 38.6 Å². The molecule has 3 N–H and O–H groups in total. The number of rotatable bonds is 9. The Morgan fingerprint density at radius 3 is 2.63 bits per heavy atom. The first-order chi connectivity index (χ1) is 16.8. The van der Waals surface area contributed by atoms with Crippen molar-refractivity contribution in [2.75, 3.05) is 45.9 Å². The zero-order valence-corrected chi connectivity index (χ0v) is 21.4. The summed E-state index contributed by atoms with van der Waals surface area (Å²) in [5.41, 5.74) is 0.231. The Morgan fingerprint density at radius 2 is 1.97 bits per heavy atom. The SMILES string of the molecule is C[C@H](CC(=O)N1CCC(O)(CN2CNC(NCCN3CCC[C@H]3C)CC2=O)CC1)c1ccccc1. The summed E-state index contributed by atoms with van der Waals surface area (Å²) in [5.74, 6) is 0.373. The van der Waals surface area contributed by atoms with Crippen molar-refractivity contribution in [1.29, 1.82) is 0 Å². The van der Waals surface area contributed by atoms with Crippen LogP contribution in [0.4, 0.5) is 0 Å². The summed E-state index contributed by atoms with van der Waals surface area (Å²) < 4.78 is 0. The maximum atomic E-state index is 12.8. The lowest BCUT2D eigenvalue weighted by Gasteiger charge is -2.43. The molecule has 0 aromatic heterocycles. The summed E-state index contributed by atoms with van der Waals surface area (Å²) in [4.78, 5) is 31.7. The van der Waals surface area contributed by atoms with E-state index in [0.717, 1.165) is 13.1 Å². The highest BCUT2D eigenvalue weighted by Crippen LogP contribution is 2.27. The monoisotopic (exact) mass is 485 g/mol. The van der Waals surface area contributed by atoms with Crippen LogP contribution in [-0.2, 0) is 9.59 Å². The molecule has 1 aromatic carbocycles. The molecule has 8 nitrogen and oxygen atoms in total. The van der Waals surface area contributed by atoms with Crippen LogP contribution in [0.2, 0.25) is 0 Å². The molecule has 0 radical (unpaired) electrons. The molecule has 35 heavy (non-hydrogen) atoms. The smallest absolute Gasteiger partial charge is 0.226 e. The summed E-state index contributed by atoms with van der Waals surface area (Å²) in [6.07, 6.45) is 4.40. The van der Waals surface area contributed by atoms with Gasteiger partial charge in [-0.25, -0.2) is 0 Å². The molecule has 3 heterocycles. The molecular formula is C27H43N5O3. The van der Waals surface area contributed by atoms with Crippen molar-refractivity contribution in [2.24, 2.45) is 0 Å². The summed E-state index contributed by atoms with van der Waals surface area (Å²) in [6, 6.07) is 10.8. The molecule has 4 rings (SSSR count). The first-order valence-corrected chi connectivity index (χ1v) is 13.4. The van der Waals surface area contributed by atoms with Crippen molar-refractivity contribution < 1.29 is 14.7 Å². The van der Waals surface area contributed by atoms with Crippen molar-refractivity contribution in [3.8, 4) is 0 Å². The zero-order valence-electron chi connectivity index (χ0n) is 21.4. The Bertz CT molecular complexity index is 842. The van der Waals surface area contributed by atoms with Crippen molar-refractivity contribution in [3.05, 3.63) is 35.9 Å². The van der Waals surface area contributed by atoms with E-state index in [1.165, 1.54) is 24.9 Å². The van der Waals surface area contributed by atoms with E-state index in [1.54, 1.807) is 4.90 Å². The molecule has 194 valence electrons. The number of aliphatic hydroxyl groups is 1. The summed E-state index contributed by atoms with van der Waals surface area (Å²) in [6.45, 7) is 9.23. The number of carbonyl (C=O) groups excluding carboxylic acids is 2. The summed E-state index contributed by atoms with van der Waals surface area (Å²) in [5, 5.41) is 18.1. The van der Waals surface area contributed by atoms with Crippen LogP contribution in [0.1, 0.15) is 63.9 Å². The van der Waals surface area contributed by atoms with Crippen LogP contribution in [0.3, 0.4) is 0 Å². The quantitative estimate of drug-likeness (QED) is 0.494. The molecule has 0 spiro atoms. The van der Waals surface area contributed by atoms with E-state index in [-0.39, 0.29) is 23.9 Å². The van der Waals surface area contributed by atoms with Gasteiger partial charge in [0.2, 0.25) is 11.8 Å². The molecule has 2 amide bonds. The van der Waals surface area contributed by atoms with E-state index in [2.05, 4.69) is 41.5 Å². The second kappa shape index (κ2) is 11.8. The molecular weight excluding hydrogens is 442 g/mol. The predicted molar refractivity (Wildman–Crippen MR) is 137 cm³/mol. The highest BCUT2D eigenvalue weighted by atomic mass is 16.3. The number of benzene rings is 1.